The number of rotatable bonds is 4. The topological polar surface area (TPSA) is 75.9 Å². The number of nitrogen functional groups attached to an aromatic ring is 1. The van der Waals surface area contributed by atoms with Gasteiger partial charge in [-0.1, -0.05) is 19.3 Å². The lowest BCUT2D eigenvalue weighted by Crippen LogP contribution is -2.23. The maximum absolute atomic E-state index is 13.7. The van der Waals surface area contributed by atoms with Gasteiger partial charge in [-0.05, 0) is 25.0 Å². The van der Waals surface area contributed by atoms with Crippen LogP contribution in [-0.4, -0.2) is 16.0 Å². The highest BCUT2D eigenvalue weighted by atomic mass is 19.1. The van der Waals surface area contributed by atoms with Crippen LogP contribution in [0.4, 0.5) is 31.8 Å². The predicted octanol–water partition coefficient (Wildman–Crippen LogP) is 3.83. The fourth-order valence-corrected chi connectivity index (χ4v) is 2.77. The second-order valence-electron chi connectivity index (χ2n) is 5.71. The Balaban J connectivity index is 1.80. The summed E-state index contributed by atoms with van der Waals surface area (Å²) in [5, 5.41) is 6.05. The highest BCUT2D eigenvalue weighted by Crippen LogP contribution is 2.29. The van der Waals surface area contributed by atoms with Gasteiger partial charge >= 0.3 is 0 Å². The van der Waals surface area contributed by atoms with Gasteiger partial charge in [0.05, 0.1) is 5.69 Å². The summed E-state index contributed by atoms with van der Waals surface area (Å²) < 4.78 is 27.0. The first kappa shape index (κ1) is 15.5. The molecule has 122 valence electrons. The van der Waals surface area contributed by atoms with E-state index < -0.39 is 11.6 Å². The third-order valence-electron chi connectivity index (χ3n) is 4.01. The first-order valence-electron chi connectivity index (χ1n) is 7.72. The molecule has 0 bridgehead atoms. The Morgan fingerprint density at radius 1 is 1.04 bits per heavy atom. The minimum absolute atomic E-state index is 0.0148. The van der Waals surface area contributed by atoms with Gasteiger partial charge in [0, 0.05) is 12.1 Å². The van der Waals surface area contributed by atoms with Gasteiger partial charge in [-0.15, -0.1) is 0 Å². The minimum Gasteiger partial charge on any atom is -0.393 e. The van der Waals surface area contributed by atoms with E-state index in [9.17, 15) is 8.78 Å². The molecule has 0 radical (unpaired) electrons. The van der Waals surface area contributed by atoms with Crippen molar-refractivity contribution in [2.45, 2.75) is 38.1 Å². The van der Waals surface area contributed by atoms with E-state index in [-0.39, 0.29) is 11.5 Å². The summed E-state index contributed by atoms with van der Waals surface area (Å²) in [5.74, 6) is -0.345. The number of aromatic nitrogens is 2. The van der Waals surface area contributed by atoms with Crippen LogP contribution in [-0.2, 0) is 0 Å². The van der Waals surface area contributed by atoms with E-state index in [1.807, 2.05) is 0 Å². The SMILES string of the molecule is Nc1c(Nc2cc(F)ccc2F)ncnc1NC1CCCCC1. The van der Waals surface area contributed by atoms with Crippen molar-refractivity contribution in [1.29, 1.82) is 0 Å². The largest absolute Gasteiger partial charge is 0.393 e. The van der Waals surface area contributed by atoms with Crippen molar-refractivity contribution in [3.63, 3.8) is 0 Å². The van der Waals surface area contributed by atoms with Gasteiger partial charge in [0.1, 0.15) is 23.6 Å². The fourth-order valence-electron chi connectivity index (χ4n) is 2.77. The van der Waals surface area contributed by atoms with E-state index in [1.165, 1.54) is 25.6 Å². The predicted molar refractivity (Wildman–Crippen MR) is 86.6 cm³/mol. The molecule has 0 amide bonds. The van der Waals surface area contributed by atoms with E-state index in [0.29, 0.717) is 17.5 Å². The summed E-state index contributed by atoms with van der Waals surface area (Å²) in [4.78, 5) is 8.18. The van der Waals surface area contributed by atoms with Gasteiger partial charge in [0.15, 0.2) is 11.6 Å². The molecule has 0 saturated heterocycles. The second-order valence-corrected chi connectivity index (χ2v) is 5.71. The first-order chi connectivity index (χ1) is 11.1. The van der Waals surface area contributed by atoms with Crippen molar-refractivity contribution >= 4 is 23.0 Å². The van der Waals surface area contributed by atoms with E-state index in [1.54, 1.807) is 0 Å². The average Bonchev–Trinajstić information content (AvgIpc) is 2.55. The summed E-state index contributed by atoms with van der Waals surface area (Å²) in [6.07, 6.45) is 7.12. The quantitative estimate of drug-likeness (QED) is 0.798. The van der Waals surface area contributed by atoms with Crippen molar-refractivity contribution in [3.05, 3.63) is 36.2 Å². The van der Waals surface area contributed by atoms with Crippen LogP contribution in [0, 0.1) is 11.6 Å². The lowest BCUT2D eigenvalue weighted by atomic mass is 9.95. The van der Waals surface area contributed by atoms with E-state index in [2.05, 4.69) is 20.6 Å². The second kappa shape index (κ2) is 6.76. The van der Waals surface area contributed by atoms with Crippen LogP contribution in [0.3, 0.4) is 0 Å². The number of nitrogens with two attached hydrogens (primary N) is 1. The zero-order valence-corrected chi connectivity index (χ0v) is 12.6. The molecule has 1 aromatic carbocycles. The summed E-state index contributed by atoms with van der Waals surface area (Å²) in [5.41, 5.74) is 6.35. The first-order valence-corrected chi connectivity index (χ1v) is 7.72. The summed E-state index contributed by atoms with van der Waals surface area (Å²) >= 11 is 0. The maximum Gasteiger partial charge on any atom is 0.159 e. The van der Waals surface area contributed by atoms with Gasteiger partial charge in [0.2, 0.25) is 0 Å². The zero-order chi connectivity index (χ0) is 16.2. The molecule has 0 spiro atoms. The third-order valence-corrected chi connectivity index (χ3v) is 4.01. The maximum atomic E-state index is 13.7. The molecule has 0 atom stereocenters. The van der Waals surface area contributed by atoms with Crippen molar-refractivity contribution in [1.82, 2.24) is 9.97 Å². The molecule has 7 heteroatoms. The van der Waals surface area contributed by atoms with Crippen LogP contribution in [0.2, 0.25) is 0 Å². The number of hydrogen-bond acceptors (Lipinski definition) is 5. The van der Waals surface area contributed by atoms with Gasteiger partial charge in [0.25, 0.3) is 0 Å². The Labute approximate surface area is 133 Å². The number of benzene rings is 1. The molecule has 0 aliphatic heterocycles. The summed E-state index contributed by atoms with van der Waals surface area (Å²) in [7, 11) is 0. The molecule has 3 rings (SSSR count). The van der Waals surface area contributed by atoms with Gasteiger partial charge < -0.3 is 16.4 Å². The lowest BCUT2D eigenvalue weighted by Gasteiger charge is -2.24. The Morgan fingerprint density at radius 2 is 1.78 bits per heavy atom. The molecular formula is C16H19F2N5. The van der Waals surface area contributed by atoms with Gasteiger partial charge in [-0.2, -0.15) is 0 Å². The number of nitrogens with zero attached hydrogens (tertiary/aromatic N) is 2. The molecule has 2 aromatic rings. The third kappa shape index (κ3) is 3.67. The van der Waals surface area contributed by atoms with Crippen molar-refractivity contribution in [2.24, 2.45) is 0 Å². The van der Waals surface area contributed by atoms with E-state index in [4.69, 9.17) is 5.73 Å². The molecular weight excluding hydrogens is 300 g/mol. The van der Waals surface area contributed by atoms with E-state index in [0.717, 1.165) is 31.0 Å². The Morgan fingerprint density at radius 3 is 2.57 bits per heavy atom. The van der Waals surface area contributed by atoms with Crippen molar-refractivity contribution in [3.8, 4) is 0 Å². The van der Waals surface area contributed by atoms with Crippen LogP contribution in [0.15, 0.2) is 24.5 Å². The van der Waals surface area contributed by atoms with Gasteiger partial charge in [-0.25, -0.2) is 18.7 Å². The van der Waals surface area contributed by atoms with Crippen LogP contribution in [0.25, 0.3) is 0 Å². The number of halogens is 2. The highest BCUT2D eigenvalue weighted by molar-refractivity contribution is 5.77. The molecule has 4 N–H and O–H groups in total. The smallest absolute Gasteiger partial charge is 0.159 e. The van der Waals surface area contributed by atoms with Crippen LogP contribution in [0.5, 0.6) is 0 Å². The highest BCUT2D eigenvalue weighted by Gasteiger charge is 2.17. The molecule has 5 nitrogen and oxygen atoms in total. The Bertz CT molecular complexity index is 686. The van der Waals surface area contributed by atoms with E-state index >= 15 is 0 Å². The number of nitrogens with one attached hydrogen (secondary N) is 2. The average molecular weight is 319 g/mol. The summed E-state index contributed by atoms with van der Waals surface area (Å²) in [6, 6.07) is 3.50. The van der Waals surface area contributed by atoms with Gasteiger partial charge in [-0.3, -0.25) is 0 Å². The monoisotopic (exact) mass is 319 g/mol. The molecule has 23 heavy (non-hydrogen) atoms. The van der Waals surface area contributed by atoms with Crippen molar-refractivity contribution in [2.75, 3.05) is 16.4 Å². The molecule has 1 aliphatic carbocycles. The number of hydrogen-bond donors (Lipinski definition) is 3. The Kier molecular flexibility index (Phi) is 4.55. The normalized spacial score (nSPS) is 15.4. The molecule has 0 unspecified atom stereocenters. The molecule has 1 heterocycles. The Hall–Kier alpha value is -2.44. The standard InChI is InChI=1S/C16H19F2N5/c17-10-6-7-12(18)13(8-10)23-16-14(19)15(20-9-21-16)22-11-4-2-1-3-5-11/h6-9,11H,1-5,19H2,(H2,20,21,22,23). The molecule has 1 aromatic heterocycles. The zero-order valence-electron chi connectivity index (χ0n) is 12.6. The minimum atomic E-state index is -0.578. The molecule has 1 fully saturated rings. The fraction of sp³-hybridized carbons (Fsp3) is 0.375. The van der Waals surface area contributed by atoms with Crippen LogP contribution in [0.1, 0.15) is 32.1 Å². The van der Waals surface area contributed by atoms with Crippen LogP contribution < -0.4 is 16.4 Å². The molecule has 1 aliphatic rings. The lowest BCUT2D eigenvalue weighted by molar-refractivity contribution is 0.462. The van der Waals surface area contributed by atoms with Crippen LogP contribution >= 0.6 is 0 Å². The molecule has 1 saturated carbocycles. The number of anilines is 4. The summed E-state index contributed by atoms with van der Waals surface area (Å²) in [6.45, 7) is 0. The van der Waals surface area contributed by atoms with Crippen molar-refractivity contribution < 1.29 is 8.78 Å².